The lowest BCUT2D eigenvalue weighted by molar-refractivity contribution is -0.120. The fourth-order valence-electron chi connectivity index (χ4n) is 1.89. The van der Waals surface area contributed by atoms with Gasteiger partial charge in [-0.15, -0.1) is 23.1 Å². The van der Waals surface area contributed by atoms with Gasteiger partial charge >= 0.3 is 0 Å². The lowest BCUT2D eigenvalue weighted by atomic mass is 10.4. The lowest BCUT2D eigenvalue weighted by Gasteiger charge is -2.10. The minimum Gasteiger partial charge on any atom is -0.440 e. The molecule has 2 aromatic heterocycles. The fourth-order valence-corrected chi connectivity index (χ4v) is 3.44. The van der Waals surface area contributed by atoms with Gasteiger partial charge in [0.15, 0.2) is 0 Å². The molecular formula is C15H18N2O2S2. The molecular weight excluding hydrogens is 304 g/mol. The maximum Gasteiger partial charge on any atom is 0.236 e. The van der Waals surface area contributed by atoms with Crippen LogP contribution in [0.4, 0.5) is 0 Å². The maximum absolute atomic E-state index is 11.9. The number of aryl methyl sites for hydroxylation is 1. The molecule has 2 aromatic rings. The smallest absolute Gasteiger partial charge is 0.236 e. The summed E-state index contributed by atoms with van der Waals surface area (Å²) in [5.74, 6) is 2.33. The van der Waals surface area contributed by atoms with Gasteiger partial charge in [-0.05, 0) is 38.1 Å². The highest BCUT2D eigenvalue weighted by Crippen LogP contribution is 2.28. The zero-order valence-corrected chi connectivity index (χ0v) is 13.7. The van der Waals surface area contributed by atoms with Crippen molar-refractivity contribution in [2.24, 2.45) is 0 Å². The molecule has 1 amide bonds. The molecule has 1 aliphatic rings. The molecule has 3 rings (SSSR count). The Morgan fingerprint density at radius 3 is 3.10 bits per heavy atom. The predicted molar refractivity (Wildman–Crippen MR) is 86.5 cm³/mol. The molecule has 0 aliphatic heterocycles. The summed E-state index contributed by atoms with van der Waals surface area (Å²) in [7, 11) is 0. The first-order chi connectivity index (χ1) is 10.1. The van der Waals surface area contributed by atoms with Crippen molar-refractivity contribution in [1.29, 1.82) is 0 Å². The normalized spacial score (nSPS) is 15.9. The number of carbonyl (C=O) groups excluding carboxylic acids is 1. The summed E-state index contributed by atoms with van der Waals surface area (Å²) in [6, 6.07) is 4.40. The quantitative estimate of drug-likeness (QED) is 0.882. The van der Waals surface area contributed by atoms with E-state index in [0.29, 0.717) is 17.7 Å². The third-order valence-corrected chi connectivity index (χ3v) is 5.40. The van der Waals surface area contributed by atoms with Crippen molar-refractivity contribution in [2.45, 2.75) is 43.7 Å². The van der Waals surface area contributed by atoms with Crippen molar-refractivity contribution < 1.29 is 9.21 Å². The van der Waals surface area contributed by atoms with Crippen LogP contribution in [0.3, 0.4) is 0 Å². The Hall–Kier alpha value is -1.27. The van der Waals surface area contributed by atoms with E-state index in [1.165, 1.54) is 0 Å². The number of nitrogens with zero attached hydrogens (tertiary/aromatic N) is 1. The van der Waals surface area contributed by atoms with Crippen LogP contribution in [0.25, 0.3) is 10.8 Å². The van der Waals surface area contributed by atoms with Crippen LogP contribution in [-0.2, 0) is 10.5 Å². The number of hydrogen-bond acceptors (Lipinski definition) is 5. The van der Waals surface area contributed by atoms with Gasteiger partial charge in [0.25, 0.3) is 0 Å². The molecule has 112 valence electrons. The summed E-state index contributed by atoms with van der Waals surface area (Å²) >= 11 is 3.21. The second kappa shape index (κ2) is 6.23. The molecule has 1 fully saturated rings. The van der Waals surface area contributed by atoms with E-state index in [2.05, 4.69) is 10.3 Å². The number of carbonyl (C=O) groups is 1. The van der Waals surface area contributed by atoms with Gasteiger partial charge in [-0.25, -0.2) is 4.98 Å². The van der Waals surface area contributed by atoms with E-state index >= 15 is 0 Å². The van der Waals surface area contributed by atoms with Crippen molar-refractivity contribution in [3.8, 4) is 10.8 Å². The summed E-state index contributed by atoms with van der Waals surface area (Å²) in [6.45, 7) is 3.87. The number of thiophene rings is 1. The van der Waals surface area contributed by atoms with Gasteiger partial charge in [0.1, 0.15) is 5.76 Å². The van der Waals surface area contributed by atoms with Gasteiger partial charge in [-0.2, -0.15) is 0 Å². The molecule has 1 N–H and O–H groups in total. The Bertz CT molecular complexity index is 618. The van der Waals surface area contributed by atoms with Gasteiger partial charge < -0.3 is 9.73 Å². The van der Waals surface area contributed by atoms with Crippen LogP contribution in [0.5, 0.6) is 0 Å². The highest BCUT2D eigenvalue weighted by molar-refractivity contribution is 7.99. The Morgan fingerprint density at radius 1 is 1.62 bits per heavy atom. The molecule has 1 saturated carbocycles. The summed E-state index contributed by atoms with van der Waals surface area (Å²) in [5, 5.41) is 4.97. The average Bonchev–Trinajstić information content (AvgIpc) is 2.98. The average molecular weight is 322 g/mol. The molecule has 0 bridgehead atoms. The van der Waals surface area contributed by atoms with Crippen LogP contribution in [0.15, 0.2) is 21.9 Å². The topological polar surface area (TPSA) is 55.1 Å². The Balaban J connectivity index is 1.58. The van der Waals surface area contributed by atoms with Gasteiger partial charge in [-0.3, -0.25) is 4.79 Å². The molecule has 2 heterocycles. The number of hydrogen-bond donors (Lipinski definition) is 1. The molecule has 0 aromatic carbocycles. The van der Waals surface area contributed by atoms with E-state index in [1.807, 2.05) is 31.4 Å². The van der Waals surface area contributed by atoms with Crippen LogP contribution in [-0.4, -0.2) is 22.2 Å². The van der Waals surface area contributed by atoms with Crippen molar-refractivity contribution in [2.75, 3.05) is 0 Å². The van der Waals surface area contributed by atoms with E-state index < -0.39 is 0 Å². The van der Waals surface area contributed by atoms with Crippen molar-refractivity contribution in [1.82, 2.24) is 10.3 Å². The predicted octanol–water partition coefficient (Wildman–Crippen LogP) is 3.61. The first-order valence-corrected chi connectivity index (χ1v) is 8.98. The third-order valence-electron chi connectivity index (χ3n) is 3.39. The maximum atomic E-state index is 11.9. The summed E-state index contributed by atoms with van der Waals surface area (Å²) in [6.07, 6.45) is 2.24. The monoisotopic (exact) mass is 322 g/mol. The van der Waals surface area contributed by atoms with Crippen molar-refractivity contribution in [3.63, 3.8) is 0 Å². The zero-order valence-electron chi connectivity index (χ0n) is 12.1. The molecule has 1 aliphatic carbocycles. The molecule has 0 spiro atoms. The van der Waals surface area contributed by atoms with E-state index in [1.54, 1.807) is 23.1 Å². The number of nitrogens with one attached hydrogen (secondary N) is 1. The highest BCUT2D eigenvalue weighted by Gasteiger charge is 2.26. The third kappa shape index (κ3) is 3.68. The summed E-state index contributed by atoms with van der Waals surface area (Å²) < 4.78 is 5.71. The van der Waals surface area contributed by atoms with Crippen LogP contribution in [0.2, 0.25) is 0 Å². The van der Waals surface area contributed by atoms with Crippen LogP contribution in [0, 0.1) is 6.92 Å². The minimum atomic E-state index is -0.0631. The molecule has 6 heteroatoms. The van der Waals surface area contributed by atoms with E-state index in [-0.39, 0.29) is 11.2 Å². The number of amides is 1. The summed E-state index contributed by atoms with van der Waals surface area (Å²) in [5.41, 5.74) is 0.925. The van der Waals surface area contributed by atoms with Crippen molar-refractivity contribution in [3.05, 3.63) is 29.0 Å². The minimum absolute atomic E-state index is 0.0631. The Kier molecular flexibility index (Phi) is 4.35. The first-order valence-electron chi connectivity index (χ1n) is 7.05. The van der Waals surface area contributed by atoms with Crippen molar-refractivity contribution >= 4 is 29.0 Å². The molecule has 4 nitrogen and oxygen atoms in total. The second-order valence-electron chi connectivity index (χ2n) is 5.24. The van der Waals surface area contributed by atoms with E-state index in [0.717, 1.165) is 29.2 Å². The molecule has 0 saturated heterocycles. The zero-order chi connectivity index (χ0) is 14.8. The molecule has 21 heavy (non-hydrogen) atoms. The largest absolute Gasteiger partial charge is 0.440 e. The lowest BCUT2D eigenvalue weighted by Crippen LogP contribution is -2.32. The summed E-state index contributed by atoms with van der Waals surface area (Å²) in [4.78, 5) is 17.5. The molecule has 1 unspecified atom stereocenters. The Morgan fingerprint density at radius 2 is 2.43 bits per heavy atom. The highest BCUT2D eigenvalue weighted by atomic mass is 32.2. The van der Waals surface area contributed by atoms with E-state index in [9.17, 15) is 4.79 Å². The standard InChI is InChI=1S/C15H18N2O2S2/c1-9-12(17-15(19-9)13-4-3-7-20-13)8-21-10(2)14(18)16-11-5-6-11/h3-4,7,10-11H,5-6,8H2,1-2H3,(H,16,18). The second-order valence-corrected chi connectivity index (χ2v) is 7.51. The number of oxazole rings is 1. The number of thioether (sulfide) groups is 1. The molecule has 0 radical (unpaired) electrons. The van der Waals surface area contributed by atoms with Gasteiger partial charge in [0.2, 0.25) is 11.8 Å². The van der Waals surface area contributed by atoms with Gasteiger partial charge in [-0.1, -0.05) is 6.07 Å². The molecule has 1 atom stereocenters. The van der Waals surface area contributed by atoms with Crippen LogP contribution < -0.4 is 5.32 Å². The number of rotatable bonds is 6. The SMILES string of the molecule is Cc1oc(-c2cccs2)nc1CSC(C)C(=O)NC1CC1. The van der Waals surface area contributed by atoms with Gasteiger partial charge in [0.05, 0.1) is 15.8 Å². The number of aromatic nitrogens is 1. The fraction of sp³-hybridized carbons (Fsp3) is 0.467. The first kappa shape index (κ1) is 14.7. The van der Waals surface area contributed by atoms with Gasteiger partial charge in [0, 0.05) is 11.8 Å². The Labute approximate surface area is 132 Å². The van der Waals surface area contributed by atoms with Crippen LogP contribution >= 0.6 is 23.1 Å². The van der Waals surface area contributed by atoms with Crippen LogP contribution in [0.1, 0.15) is 31.2 Å². The van der Waals surface area contributed by atoms with E-state index in [4.69, 9.17) is 4.42 Å².